The molecule has 0 saturated carbocycles. The molecule has 0 aliphatic carbocycles. The van der Waals surface area contributed by atoms with Crippen molar-refractivity contribution < 1.29 is 22.7 Å². The summed E-state index contributed by atoms with van der Waals surface area (Å²) in [6.07, 6.45) is 0.317. The van der Waals surface area contributed by atoms with Crippen molar-refractivity contribution >= 4 is 50.7 Å². The third kappa shape index (κ3) is 8.38. The molecule has 0 radical (unpaired) electrons. The second-order valence-corrected chi connectivity index (χ2v) is 12.3. The number of carbonyl (C=O) groups excluding carboxylic acids is 2. The maximum atomic E-state index is 14.1. The minimum atomic E-state index is -4.26. The zero-order chi connectivity index (χ0) is 30.2. The number of hydrogen-bond acceptors (Lipinski definition) is 5. The van der Waals surface area contributed by atoms with Gasteiger partial charge in [-0.25, -0.2) is 8.42 Å². The van der Waals surface area contributed by atoms with Gasteiger partial charge in [-0.3, -0.25) is 13.9 Å². The van der Waals surface area contributed by atoms with Crippen LogP contribution in [0, 0.1) is 0 Å². The van der Waals surface area contributed by atoms with Crippen molar-refractivity contribution in [2.24, 2.45) is 0 Å². The minimum absolute atomic E-state index is 0.0464. The Kier molecular flexibility index (Phi) is 11.5. The van der Waals surface area contributed by atoms with Crippen LogP contribution in [0.5, 0.6) is 5.75 Å². The molecule has 0 saturated heterocycles. The van der Waals surface area contributed by atoms with E-state index in [1.165, 1.54) is 29.2 Å². The Morgan fingerprint density at radius 2 is 1.49 bits per heavy atom. The summed E-state index contributed by atoms with van der Waals surface area (Å²) in [4.78, 5) is 28.7. The van der Waals surface area contributed by atoms with Crippen LogP contribution in [0.15, 0.2) is 77.7 Å². The van der Waals surface area contributed by atoms with Gasteiger partial charge in [0.1, 0.15) is 18.3 Å². The Labute approximate surface area is 252 Å². The van der Waals surface area contributed by atoms with Crippen molar-refractivity contribution in [2.45, 2.75) is 57.6 Å². The molecule has 8 nitrogen and oxygen atoms in total. The first-order valence-corrected chi connectivity index (χ1v) is 15.5. The van der Waals surface area contributed by atoms with E-state index >= 15 is 0 Å². The van der Waals surface area contributed by atoms with E-state index in [1.807, 2.05) is 13.8 Å². The molecule has 220 valence electrons. The van der Waals surface area contributed by atoms with Gasteiger partial charge in [-0.1, -0.05) is 54.4 Å². The first-order valence-electron chi connectivity index (χ1n) is 13.3. The van der Waals surface area contributed by atoms with E-state index in [2.05, 4.69) is 5.32 Å². The van der Waals surface area contributed by atoms with E-state index in [1.54, 1.807) is 62.4 Å². The average molecular weight is 621 g/mol. The molecule has 3 rings (SSSR count). The lowest BCUT2D eigenvalue weighted by Gasteiger charge is -2.34. The van der Waals surface area contributed by atoms with Crippen molar-refractivity contribution in [3.05, 3.63) is 88.4 Å². The van der Waals surface area contributed by atoms with Gasteiger partial charge in [0.05, 0.1) is 17.2 Å². The molecule has 2 amide bonds. The summed E-state index contributed by atoms with van der Waals surface area (Å²) >= 11 is 12.1. The fourth-order valence-corrected chi connectivity index (χ4v) is 5.95. The molecule has 0 heterocycles. The number of halogens is 2. The summed E-state index contributed by atoms with van der Waals surface area (Å²) in [5, 5.41) is 3.78. The van der Waals surface area contributed by atoms with E-state index in [-0.39, 0.29) is 35.7 Å². The highest BCUT2D eigenvalue weighted by Crippen LogP contribution is 2.33. The van der Waals surface area contributed by atoms with Crippen LogP contribution in [-0.4, -0.2) is 50.4 Å². The number of hydrogen-bond donors (Lipinski definition) is 1. The van der Waals surface area contributed by atoms with Gasteiger partial charge in [0.15, 0.2) is 0 Å². The van der Waals surface area contributed by atoms with Crippen LogP contribution >= 0.6 is 23.2 Å². The Bertz CT molecular complexity index is 1430. The van der Waals surface area contributed by atoms with Crippen LogP contribution in [0.25, 0.3) is 0 Å². The highest BCUT2D eigenvalue weighted by Gasteiger charge is 2.34. The quantitative estimate of drug-likeness (QED) is 0.256. The van der Waals surface area contributed by atoms with Crippen molar-refractivity contribution in [3.63, 3.8) is 0 Å². The molecule has 0 spiro atoms. The van der Waals surface area contributed by atoms with Crippen LogP contribution in [0.4, 0.5) is 5.69 Å². The lowest BCUT2D eigenvalue weighted by Crippen LogP contribution is -2.53. The molecule has 0 bridgehead atoms. The normalized spacial score (nSPS) is 12.1. The predicted molar refractivity (Wildman–Crippen MR) is 163 cm³/mol. The molecule has 0 fully saturated rings. The smallest absolute Gasteiger partial charge is 0.264 e. The topological polar surface area (TPSA) is 96.0 Å². The van der Waals surface area contributed by atoms with Gasteiger partial charge < -0.3 is 15.0 Å². The Morgan fingerprint density at radius 3 is 2.05 bits per heavy atom. The van der Waals surface area contributed by atoms with Crippen molar-refractivity contribution in [3.8, 4) is 5.75 Å². The number of nitrogens with zero attached hydrogens (tertiary/aromatic N) is 2. The van der Waals surface area contributed by atoms with Gasteiger partial charge in [-0.2, -0.15) is 0 Å². The van der Waals surface area contributed by atoms with Crippen LogP contribution in [-0.2, 0) is 26.2 Å². The van der Waals surface area contributed by atoms with Gasteiger partial charge in [0, 0.05) is 22.6 Å². The van der Waals surface area contributed by atoms with Gasteiger partial charge in [0.25, 0.3) is 10.0 Å². The lowest BCUT2D eigenvalue weighted by molar-refractivity contribution is -0.140. The fraction of sp³-hybridized carbons (Fsp3) is 0.333. The minimum Gasteiger partial charge on any atom is -0.492 e. The molecule has 11 heteroatoms. The van der Waals surface area contributed by atoms with Crippen molar-refractivity contribution in [1.82, 2.24) is 10.2 Å². The number of benzene rings is 3. The highest BCUT2D eigenvalue weighted by atomic mass is 35.5. The lowest BCUT2D eigenvalue weighted by atomic mass is 10.1. The Morgan fingerprint density at radius 1 is 0.902 bits per heavy atom. The molecule has 1 N–H and O–H groups in total. The molecular weight excluding hydrogens is 585 g/mol. The predicted octanol–water partition coefficient (Wildman–Crippen LogP) is 5.92. The number of sulfonamides is 1. The van der Waals surface area contributed by atoms with Crippen LogP contribution in [0.2, 0.25) is 10.0 Å². The maximum absolute atomic E-state index is 14.1. The monoisotopic (exact) mass is 619 g/mol. The van der Waals surface area contributed by atoms with Gasteiger partial charge in [-0.15, -0.1) is 0 Å². The first-order chi connectivity index (χ1) is 19.5. The highest BCUT2D eigenvalue weighted by molar-refractivity contribution is 7.92. The molecule has 0 aliphatic heterocycles. The number of nitrogens with one attached hydrogen (secondary N) is 1. The van der Waals surface area contributed by atoms with Gasteiger partial charge in [-0.05, 0) is 81.3 Å². The SMILES string of the molecule is CCOc1ccccc1N(CC(=O)N(Cc1ccc(Cl)cc1)C(CC)C(=O)NC(C)C)S(=O)(=O)c1ccc(Cl)cc1. The largest absolute Gasteiger partial charge is 0.492 e. The summed E-state index contributed by atoms with van der Waals surface area (Å²) in [5.74, 6) is -0.588. The first kappa shape index (κ1) is 32.2. The third-order valence-electron chi connectivity index (χ3n) is 6.20. The van der Waals surface area contributed by atoms with E-state index in [4.69, 9.17) is 27.9 Å². The number of carbonyl (C=O) groups is 2. The van der Waals surface area contributed by atoms with E-state index in [0.29, 0.717) is 22.2 Å². The maximum Gasteiger partial charge on any atom is 0.264 e. The number of ether oxygens (including phenoxy) is 1. The van der Waals surface area contributed by atoms with Crippen LogP contribution in [0.1, 0.15) is 39.7 Å². The number of para-hydroxylation sites is 2. The summed E-state index contributed by atoms with van der Waals surface area (Å²) in [5.41, 5.74) is 0.934. The third-order valence-corrected chi connectivity index (χ3v) is 8.48. The summed E-state index contributed by atoms with van der Waals surface area (Å²) < 4.78 is 34.8. The zero-order valence-corrected chi connectivity index (χ0v) is 25.8. The molecule has 1 atom stereocenters. The molecule has 3 aromatic rings. The number of anilines is 1. The number of rotatable bonds is 13. The van der Waals surface area contributed by atoms with Crippen molar-refractivity contribution in [2.75, 3.05) is 17.5 Å². The molecule has 0 aliphatic rings. The van der Waals surface area contributed by atoms with Gasteiger partial charge >= 0.3 is 0 Å². The van der Waals surface area contributed by atoms with Gasteiger partial charge in [0.2, 0.25) is 11.8 Å². The van der Waals surface area contributed by atoms with E-state index < -0.39 is 28.5 Å². The fourth-order valence-electron chi connectivity index (χ4n) is 4.27. The average Bonchev–Trinajstić information content (AvgIpc) is 2.93. The summed E-state index contributed by atoms with van der Waals surface area (Å²) in [6.45, 7) is 7.04. The van der Waals surface area contributed by atoms with E-state index in [0.717, 1.165) is 9.87 Å². The second kappa shape index (κ2) is 14.6. The van der Waals surface area contributed by atoms with Crippen LogP contribution < -0.4 is 14.4 Å². The molecule has 3 aromatic carbocycles. The summed E-state index contributed by atoms with van der Waals surface area (Å²) in [6, 6.07) is 18.3. The molecule has 41 heavy (non-hydrogen) atoms. The van der Waals surface area contributed by atoms with Crippen molar-refractivity contribution in [1.29, 1.82) is 0 Å². The van der Waals surface area contributed by atoms with Crippen LogP contribution in [0.3, 0.4) is 0 Å². The molecule has 0 aromatic heterocycles. The second-order valence-electron chi connectivity index (χ2n) is 9.60. The Balaban J connectivity index is 2.11. The van der Waals surface area contributed by atoms with E-state index in [9.17, 15) is 18.0 Å². The number of amides is 2. The Hall–Kier alpha value is -3.27. The zero-order valence-electron chi connectivity index (χ0n) is 23.5. The molecular formula is C30H35Cl2N3O5S. The standard InChI is InChI=1S/C30H35Cl2N3O5S/c1-5-26(30(37)33-21(3)4)34(19-22-11-13-23(31)14-12-22)29(36)20-35(27-9-7-8-10-28(27)40-6-2)41(38,39)25-17-15-24(32)16-18-25/h7-18,21,26H,5-6,19-20H2,1-4H3,(H,33,37). The summed E-state index contributed by atoms with van der Waals surface area (Å²) in [7, 11) is -4.26. The molecule has 1 unspecified atom stereocenters.